The normalized spacial score (nSPS) is 12.1. The molecule has 0 aliphatic carbocycles. The predicted octanol–water partition coefficient (Wildman–Crippen LogP) is 2.98. The van der Waals surface area contributed by atoms with Crippen molar-refractivity contribution in [3.63, 3.8) is 0 Å². The number of nitrogens with zero attached hydrogens (tertiary/aromatic N) is 2. The maximum Gasteiger partial charge on any atom is 0.224 e. The van der Waals surface area contributed by atoms with Gasteiger partial charge in [0.15, 0.2) is 0 Å². The van der Waals surface area contributed by atoms with Gasteiger partial charge in [-0.05, 0) is 37.6 Å². The quantitative estimate of drug-likeness (QED) is 0.694. The number of hydrogen-bond donors (Lipinski definition) is 2. The Morgan fingerprint density at radius 3 is 3.00 bits per heavy atom. The van der Waals surface area contributed by atoms with Gasteiger partial charge in [-0.1, -0.05) is 12.1 Å². The number of anilines is 1. The van der Waals surface area contributed by atoms with E-state index in [0.717, 1.165) is 11.3 Å². The summed E-state index contributed by atoms with van der Waals surface area (Å²) in [5.41, 5.74) is 8.11. The number of pyridine rings is 1. The summed E-state index contributed by atoms with van der Waals surface area (Å²) in [6.45, 7) is 2.25. The number of amides is 1. The van der Waals surface area contributed by atoms with Gasteiger partial charge in [-0.3, -0.25) is 4.79 Å². The predicted molar refractivity (Wildman–Crippen MR) is 97.5 cm³/mol. The Kier molecular flexibility index (Phi) is 5.30. The van der Waals surface area contributed by atoms with Crippen LogP contribution in [0, 0.1) is 0 Å². The Morgan fingerprint density at radius 2 is 2.20 bits per heavy atom. The number of fused-ring (bicyclic) bond motifs is 1. The van der Waals surface area contributed by atoms with Crippen LogP contribution in [0.25, 0.3) is 5.65 Å². The molecule has 0 saturated heterocycles. The molecule has 3 N–H and O–H groups in total. The lowest BCUT2D eigenvalue weighted by atomic mass is 10.2. The van der Waals surface area contributed by atoms with Crippen molar-refractivity contribution in [2.45, 2.75) is 32.4 Å². The number of carbonyl (C=O) groups excluding carboxylic acids is 1. The van der Waals surface area contributed by atoms with Crippen molar-refractivity contribution in [2.75, 3.05) is 5.32 Å². The van der Waals surface area contributed by atoms with Crippen LogP contribution in [-0.2, 0) is 11.4 Å². The molecule has 3 rings (SSSR count). The van der Waals surface area contributed by atoms with Gasteiger partial charge in [-0.15, -0.1) is 0 Å². The van der Waals surface area contributed by atoms with Crippen molar-refractivity contribution in [1.82, 2.24) is 9.38 Å². The standard InChI is InChI=1S/C19H22N4O2/c1-14(20)8-9-19(24)22-15-5-4-6-17(11-15)25-13-16-12-23-10-3-2-7-18(23)21-16/h2-7,10-12,14H,8-9,13,20H2,1H3,(H,22,24). The Labute approximate surface area is 146 Å². The molecule has 0 bridgehead atoms. The van der Waals surface area contributed by atoms with Crippen LogP contribution in [0.2, 0.25) is 0 Å². The van der Waals surface area contributed by atoms with E-state index in [0.29, 0.717) is 30.9 Å². The van der Waals surface area contributed by atoms with Crippen molar-refractivity contribution in [1.29, 1.82) is 0 Å². The van der Waals surface area contributed by atoms with Gasteiger partial charge in [0.25, 0.3) is 0 Å². The van der Waals surface area contributed by atoms with E-state index in [-0.39, 0.29) is 11.9 Å². The largest absolute Gasteiger partial charge is 0.487 e. The van der Waals surface area contributed by atoms with E-state index in [1.54, 1.807) is 6.07 Å². The molecule has 0 aliphatic rings. The maximum absolute atomic E-state index is 11.9. The summed E-state index contributed by atoms with van der Waals surface area (Å²) in [7, 11) is 0. The van der Waals surface area contributed by atoms with Crippen molar-refractivity contribution < 1.29 is 9.53 Å². The molecule has 3 aromatic rings. The van der Waals surface area contributed by atoms with Crippen LogP contribution in [0.3, 0.4) is 0 Å². The third kappa shape index (κ3) is 4.81. The van der Waals surface area contributed by atoms with E-state index < -0.39 is 0 Å². The smallest absolute Gasteiger partial charge is 0.224 e. The van der Waals surface area contributed by atoms with Gasteiger partial charge >= 0.3 is 0 Å². The second kappa shape index (κ2) is 7.81. The second-order valence-electron chi connectivity index (χ2n) is 6.08. The minimum Gasteiger partial charge on any atom is -0.487 e. The highest BCUT2D eigenvalue weighted by molar-refractivity contribution is 5.90. The zero-order valence-electron chi connectivity index (χ0n) is 14.2. The lowest BCUT2D eigenvalue weighted by molar-refractivity contribution is -0.116. The van der Waals surface area contributed by atoms with Crippen LogP contribution in [0.15, 0.2) is 54.9 Å². The summed E-state index contributed by atoms with van der Waals surface area (Å²) in [4.78, 5) is 16.4. The topological polar surface area (TPSA) is 81.7 Å². The molecule has 1 aromatic carbocycles. The number of carbonyl (C=O) groups is 1. The molecule has 0 aliphatic heterocycles. The minimum absolute atomic E-state index is 0.0193. The molecule has 0 fully saturated rings. The molecule has 6 nitrogen and oxygen atoms in total. The molecule has 1 atom stereocenters. The summed E-state index contributed by atoms with van der Waals surface area (Å²) >= 11 is 0. The molecule has 1 amide bonds. The molecular weight excluding hydrogens is 316 g/mol. The van der Waals surface area contributed by atoms with Gasteiger partial charge in [-0.2, -0.15) is 0 Å². The molecule has 1 unspecified atom stereocenters. The van der Waals surface area contributed by atoms with Crippen molar-refractivity contribution in [3.05, 3.63) is 60.6 Å². The van der Waals surface area contributed by atoms with E-state index in [1.807, 2.05) is 60.1 Å². The maximum atomic E-state index is 11.9. The first kappa shape index (κ1) is 17.0. The van der Waals surface area contributed by atoms with Crippen LogP contribution in [0.1, 0.15) is 25.5 Å². The number of ether oxygens (including phenoxy) is 1. The first-order valence-electron chi connectivity index (χ1n) is 8.31. The van der Waals surface area contributed by atoms with Crippen LogP contribution in [0.5, 0.6) is 5.75 Å². The van der Waals surface area contributed by atoms with E-state index >= 15 is 0 Å². The SMILES string of the molecule is CC(N)CCC(=O)Nc1cccc(OCc2cn3ccccc3n2)c1. The number of nitrogens with one attached hydrogen (secondary N) is 1. The number of rotatable bonds is 7. The first-order valence-corrected chi connectivity index (χ1v) is 8.31. The highest BCUT2D eigenvalue weighted by Gasteiger charge is 2.06. The Bertz CT molecular complexity index is 824. The van der Waals surface area contributed by atoms with Crippen molar-refractivity contribution >= 4 is 17.2 Å². The number of aromatic nitrogens is 2. The fourth-order valence-electron chi connectivity index (χ4n) is 2.46. The molecule has 130 valence electrons. The number of benzene rings is 1. The summed E-state index contributed by atoms with van der Waals surface area (Å²) in [5.74, 6) is 0.636. The van der Waals surface area contributed by atoms with Gasteiger partial charge in [0.1, 0.15) is 18.0 Å². The lowest BCUT2D eigenvalue weighted by Gasteiger charge is -2.09. The zero-order valence-corrected chi connectivity index (χ0v) is 14.2. The Morgan fingerprint density at radius 1 is 1.32 bits per heavy atom. The molecular formula is C19H22N4O2. The summed E-state index contributed by atoms with van der Waals surface area (Å²) in [5, 5.41) is 2.86. The van der Waals surface area contributed by atoms with Gasteiger partial charge in [0.05, 0.1) is 5.69 Å². The Balaban J connectivity index is 1.58. The van der Waals surface area contributed by atoms with E-state index in [4.69, 9.17) is 10.5 Å². The van der Waals surface area contributed by atoms with Crippen molar-refractivity contribution in [3.8, 4) is 5.75 Å². The molecule has 2 aromatic heterocycles. The molecule has 25 heavy (non-hydrogen) atoms. The monoisotopic (exact) mass is 338 g/mol. The summed E-state index contributed by atoms with van der Waals surface area (Å²) in [6.07, 6.45) is 4.96. The van der Waals surface area contributed by atoms with Crippen LogP contribution in [-0.4, -0.2) is 21.3 Å². The van der Waals surface area contributed by atoms with Crippen LogP contribution >= 0.6 is 0 Å². The third-order valence-electron chi connectivity index (χ3n) is 3.75. The minimum atomic E-state index is -0.0465. The van der Waals surface area contributed by atoms with Crippen LogP contribution < -0.4 is 15.8 Å². The first-order chi connectivity index (χ1) is 12.1. The van der Waals surface area contributed by atoms with Gasteiger partial charge in [0.2, 0.25) is 5.91 Å². The highest BCUT2D eigenvalue weighted by atomic mass is 16.5. The van der Waals surface area contributed by atoms with Crippen molar-refractivity contribution in [2.24, 2.45) is 5.73 Å². The number of nitrogens with two attached hydrogens (primary N) is 1. The molecule has 0 radical (unpaired) electrons. The Hall–Kier alpha value is -2.86. The average Bonchev–Trinajstić information content (AvgIpc) is 3.01. The highest BCUT2D eigenvalue weighted by Crippen LogP contribution is 2.19. The summed E-state index contributed by atoms with van der Waals surface area (Å²) < 4.78 is 7.75. The van der Waals surface area contributed by atoms with Gasteiger partial charge in [-0.25, -0.2) is 4.98 Å². The zero-order chi connectivity index (χ0) is 17.6. The fourth-order valence-corrected chi connectivity index (χ4v) is 2.46. The molecule has 0 spiro atoms. The lowest BCUT2D eigenvalue weighted by Crippen LogP contribution is -2.19. The van der Waals surface area contributed by atoms with E-state index in [1.165, 1.54) is 0 Å². The van der Waals surface area contributed by atoms with Gasteiger partial charge < -0.3 is 20.2 Å². The van der Waals surface area contributed by atoms with Crippen LogP contribution in [0.4, 0.5) is 5.69 Å². The van der Waals surface area contributed by atoms with E-state index in [9.17, 15) is 4.79 Å². The van der Waals surface area contributed by atoms with Gasteiger partial charge in [0, 0.05) is 36.6 Å². The molecule has 0 saturated carbocycles. The number of imidazole rings is 1. The third-order valence-corrected chi connectivity index (χ3v) is 3.75. The molecule has 2 heterocycles. The second-order valence-corrected chi connectivity index (χ2v) is 6.08. The summed E-state index contributed by atoms with van der Waals surface area (Å²) in [6, 6.07) is 13.2. The number of hydrogen-bond acceptors (Lipinski definition) is 4. The average molecular weight is 338 g/mol. The molecule has 6 heteroatoms. The fraction of sp³-hybridized carbons (Fsp3) is 0.263. The van der Waals surface area contributed by atoms with E-state index in [2.05, 4.69) is 10.3 Å².